The first kappa shape index (κ1) is 13.7. The molecule has 3 amide bonds. The molecule has 1 aromatic rings. The number of hydrogen-bond donors (Lipinski definition) is 0. The second kappa shape index (κ2) is 5.24. The third-order valence-electron chi connectivity index (χ3n) is 3.49. The van der Waals surface area contributed by atoms with Gasteiger partial charge in [0.25, 0.3) is 0 Å². The summed E-state index contributed by atoms with van der Waals surface area (Å²) in [5, 5.41) is 0.699. The Morgan fingerprint density at radius 2 is 2.00 bits per heavy atom. The molecule has 5 nitrogen and oxygen atoms in total. The number of halogens is 2. The molecule has 0 saturated carbocycles. The van der Waals surface area contributed by atoms with Crippen LogP contribution in [0, 0.1) is 0 Å². The maximum Gasteiger partial charge on any atom is 0.331 e. The highest BCUT2D eigenvalue weighted by molar-refractivity contribution is 6.42. The van der Waals surface area contributed by atoms with E-state index in [2.05, 4.69) is 0 Å². The molecule has 2 aliphatic heterocycles. The molecule has 0 aromatic heterocycles. The largest absolute Gasteiger partial charge is 0.377 e. The van der Waals surface area contributed by atoms with Gasteiger partial charge in [-0.3, -0.25) is 4.79 Å². The van der Waals surface area contributed by atoms with Crippen molar-refractivity contribution in [1.82, 2.24) is 4.90 Å². The van der Waals surface area contributed by atoms with Gasteiger partial charge in [-0.1, -0.05) is 23.2 Å². The van der Waals surface area contributed by atoms with E-state index in [0.717, 1.165) is 4.90 Å². The Bertz CT molecular complexity index is 579. The average Bonchev–Trinajstić information content (AvgIpc) is 2.43. The van der Waals surface area contributed by atoms with Gasteiger partial charge < -0.3 is 9.64 Å². The normalized spacial score (nSPS) is 23.0. The van der Waals surface area contributed by atoms with Crippen LogP contribution in [0.5, 0.6) is 0 Å². The van der Waals surface area contributed by atoms with Crippen molar-refractivity contribution in [3.8, 4) is 0 Å². The van der Waals surface area contributed by atoms with E-state index in [1.807, 2.05) is 0 Å². The van der Waals surface area contributed by atoms with Crippen molar-refractivity contribution < 1.29 is 14.3 Å². The molecule has 1 unspecified atom stereocenters. The van der Waals surface area contributed by atoms with E-state index in [4.69, 9.17) is 27.9 Å². The highest BCUT2D eigenvalue weighted by atomic mass is 35.5. The Morgan fingerprint density at radius 3 is 2.75 bits per heavy atom. The van der Waals surface area contributed by atoms with E-state index in [-0.39, 0.29) is 24.4 Å². The molecule has 0 aliphatic carbocycles. The maximum atomic E-state index is 12.5. The number of ether oxygens (including phenoxy) is 1. The summed E-state index contributed by atoms with van der Waals surface area (Å²) >= 11 is 11.8. The molecule has 20 heavy (non-hydrogen) atoms. The summed E-state index contributed by atoms with van der Waals surface area (Å²) in [5.41, 5.74) is 0.444. The van der Waals surface area contributed by atoms with Crippen molar-refractivity contribution in [2.24, 2.45) is 0 Å². The molecular formula is C13H12Cl2N2O3. The molecule has 0 radical (unpaired) electrons. The topological polar surface area (TPSA) is 49.9 Å². The molecule has 2 aliphatic rings. The molecular weight excluding hydrogens is 303 g/mol. The van der Waals surface area contributed by atoms with Crippen LogP contribution >= 0.6 is 23.2 Å². The van der Waals surface area contributed by atoms with Crippen molar-refractivity contribution in [2.75, 3.05) is 24.7 Å². The first-order chi connectivity index (χ1) is 9.58. The molecule has 2 fully saturated rings. The summed E-state index contributed by atoms with van der Waals surface area (Å²) in [6.07, 6.45) is 0.256. The fraction of sp³-hybridized carbons (Fsp3) is 0.385. The zero-order valence-corrected chi connectivity index (χ0v) is 12.0. The van der Waals surface area contributed by atoms with Crippen molar-refractivity contribution in [1.29, 1.82) is 0 Å². The van der Waals surface area contributed by atoms with Crippen LogP contribution in [-0.4, -0.2) is 42.6 Å². The molecule has 7 heteroatoms. The van der Waals surface area contributed by atoms with Gasteiger partial charge >= 0.3 is 6.03 Å². The molecule has 0 bridgehead atoms. The Kier molecular flexibility index (Phi) is 3.58. The maximum absolute atomic E-state index is 12.5. The minimum absolute atomic E-state index is 0.164. The minimum atomic E-state index is -0.326. The van der Waals surface area contributed by atoms with E-state index in [1.165, 1.54) is 6.07 Å². The number of carbonyl (C=O) groups excluding carboxylic acids is 2. The third-order valence-corrected chi connectivity index (χ3v) is 4.22. The van der Waals surface area contributed by atoms with Gasteiger partial charge in [0.2, 0.25) is 5.91 Å². The Morgan fingerprint density at radius 1 is 1.20 bits per heavy atom. The number of anilines is 1. The zero-order valence-electron chi connectivity index (χ0n) is 10.5. The van der Waals surface area contributed by atoms with Gasteiger partial charge in [0.15, 0.2) is 0 Å². The molecule has 1 atom stereocenters. The lowest BCUT2D eigenvalue weighted by Crippen LogP contribution is -2.61. The highest BCUT2D eigenvalue weighted by Crippen LogP contribution is 2.31. The summed E-state index contributed by atoms with van der Waals surface area (Å²) in [4.78, 5) is 27.5. The lowest BCUT2D eigenvalue weighted by atomic mass is 10.1. The summed E-state index contributed by atoms with van der Waals surface area (Å²) in [5.74, 6) is -0.250. The number of benzene rings is 1. The fourth-order valence-corrected chi connectivity index (χ4v) is 2.77. The van der Waals surface area contributed by atoms with Crippen molar-refractivity contribution >= 4 is 40.8 Å². The SMILES string of the molecule is O=C1CC2COCCN2C(=O)N1c1ccc(Cl)c(Cl)c1. The second-order valence-corrected chi connectivity index (χ2v) is 5.55. The van der Waals surface area contributed by atoms with Crippen LogP contribution in [0.15, 0.2) is 18.2 Å². The van der Waals surface area contributed by atoms with Crippen LogP contribution in [0.2, 0.25) is 10.0 Å². The minimum Gasteiger partial charge on any atom is -0.377 e. The van der Waals surface area contributed by atoms with Crippen LogP contribution in [0.1, 0.15) is 6.42 Å². The lowest BCUT2D eigenvalue weighted by Gasteiger charge is -2.42. The highest BCUT2D eigenvalue weighted by Gasteiger charge is 2.41. The Balaban J connectivity index is 1.93. The van der Waals surface area contributed by atoms with Gasteiger partial charge in [0.05, 0.1) is 41.4 Å². The van der Waals surface area contributed by atoms with Gasteiger partial charge in [-0.05, 0) is 18.2 Å². The number of nitrogens with zero attached hydrogens (tertiary/aromatic N) is 2. The smallest absolute Gasteiger partial charge is 0.331 e. The zero-order chi connectivity index (χ0) is 14.3. The fourth-order valence-electron chi connectivity index (χ4n) is 2.48. The Hall–Kier alpha value is -1.30. The standard InChI is InChI=1S/C13H12Cl2N2O3/c14-10-2-1-8(5-11(10)15)17-12(18)6-9-7-20-4-3-16(9)13(17)19/h1-2,5,9H,3-4,6-7H2. The van der Waals surface area contributed by atoms with Crippen LogP contribution in [0.25, 0.3) is 0 Å². The number of rotatable bonds is 1. The predicted octanol–water partition coefficient (Wildman–Crippen LogP) is 2.55. The monoisotopic (exact) mass is 314 g/mol. The van der Waals surface area contributed by atoms with Crippen LogP contribution in [0.3, 0.4) is 0 Å². The van der Waals surface area contributed by atoms with Gasteiger partial charge in [0, 0.05) is 6.54 Å². The first-order valence-corrected chi connectivity index (χ1v) is 7.00. The van der Waals surface area contributed by atoms with Crippen LogP contribution in [0.4, 0.5) is 10.5 Å². The first-order valence-electron chi connectivity index (χ1n) is 6.24. The summed E-state index contributed by atoms with van der Waals surface area (Å²) in [6.45, 7) is 1.40. The summed E-state index contributed by atoms with van der Waals surface area (Å²) < 4.78 is 5.31. The van der Waals surface area contributed by atoms with E-state index in [0.29, 0.717) is 35.5 Å². The van der Waals surface area contributed by atoms with Gasteiger partial charge in [-0.2, -0.15) is 0 Å². The average molecular weight is 315 g/mol. The van der Waals surface area contributed by atoms with Gasteiger partial charge in [0.1, 0.15) is 0 Å². The van der Waals surface area contributed by atoms with Crippen LogP contribution in [-0.2, 0) is 9.53 Å². The number of imide groups is 1. The van der Waals surface area contributed by atoms with Crippen molar-refractivity contribution in [2.45, 2.75) is 12.5 Å². The molecule has 0 N–H and O–H groups in total. The molecule has 106 valence electrons. The van der Waals surface area contributed by atoms with E-state index in [1.54, 1.807) is 17.0 Å². The summed E-state index contributed by atoms with van der Waals surface area (Å²) in [7, 11) is 0. The number of morpholine rings is 1. The number of urea groups is 1. The molecule has 1 aromatic carbocycles. The predicted molar refractivity (Wildman–Crippen MR) is 75.3 cm³/mol. The molecule has 0 spiro atoms. The van der Waals surface area contributed by atoms with Gasteiger partial charge in [-0.15, -0.1) is 0 Å². The van der Waals surface area contributed by atoms with Crippen molar-refractivity contribution in [3.05, 3.63) is 28.2 Å². The number of fused-ring (bicyclic) bond motifs is 1. The molecule has 3 rings (SSSR count). The number of hydrogen-bond acceptors (Lipinski definition) is 3. The number of amides is 3. The van der Waals surface area contributed by atoms with Gasteiger partial charge in [-0.25, -0.2) is 9.69 Å². The van der Waals surface area contributed by atoms with Crippen molar-refractivity contribution in [3.63, 3.8) is 0 Å². The number of carbonyl (C=O) groups is 2. The third kappa shape index (κ3) is 2.26. The second-order valence-electron chi connectivity index (χ2n) is 4.74. The molecule has 2 heterocycles. The summed E-state index contributed by atoms with van der Waals surface area (Å²) in [6, 6.07) is 4.23. The molecule has 2 saturated heterocycles. The Labute approximate surface area is 126 Å². The quantitative estimate of drug-likeness (QED) is 0.800. The van der Waals surface area contributed by atoms with Crippen LogP contribution < -0.4 is 4.90 Å². The van der Waals surface area contributed by atoms with E-state index >= 15 is 0 Å². The lowest BCUT2D eigenvalue weighted by molar-refractivity contribution is -0.122. The van der Waals surface area contributed by atoms with E-state index < -0.39 is 0 Å². The van der Waals surface area contributed by atoms with E-state index in [9.17, 15) is 9.59 Å².